The summed E-state index contributed by atoms with van der Waals surface area (Å²) >= 11 is 0. The molecule has 146 valence electrons. The van der Waals surface area contributed by atoms with Gasteiger partial charge in [-0.25, -0.2) is 4.98 Å². The molecule has 0 amide bonds. The monoisotopic (exact) mass is 385 g/mol. The van der Waals surface area contributed by atoms with Crippen molar-refractivity contribution in [3.8, 4) is 0 Å². The molecule has 2 heterocycles. The summed E-state index contributed by atoms with van der Waals surface area (Å²) in [6, 6.07) is 19.4. The lowest BCUT2D eigenvalue weighted by molar-refractivity contribution is 0.0970. The average molecular weight is 385 g/mol. The molecule has 0 aliphatic carbocycles. The maximum Gasteiger partial charge on any atom is 0.261 e. The van der Waals surface area contributed by atoms with Crippen molar-refractivity contribution in [2.45, 2.75) is 33.4 Å². The molecule has 1 atom stereocenters. The van der Waals surface area contributed by atoms with Gasteiger partial charge in [-0.1, -0.05) is 42.5 Å². The molecule has 5 heteroatoms. The van der Waals surface area contributed by atoms with Gasteiger partial charge in [0.25, 0.3) is 5.56 Å². The highest BCUT2D eigenvalue weighted by Gasteiger charge is 2.20. The van der Waals surface area contributed by atoms with E-state index in [0.29, 0.717) is 16.5 Å². The van der Waals surface area contributed by atoms with Crippen LogP contribution in [0.25, 0.3) is 10.9 Å². The fourth-order valence-corrected chi connectivity index (χ4v) is 3.99. The fourth-order valence-electron chi connectivity index (χ4n) is 3.99. The summed E-state index contributed by atoms with van der Waals surface area (Å²) in [6.07, 6.45) is 1.45. The van der Waals surface area contributed by atoms with Crippen LogP contribution in [0.15, 0.2) is 71.8 Å². The third-order valence-corrected chi connectivity index (χ3v) is 5.50. The quantitative estimate of drug-likeness (QED) is 0.481. The molecule has 2 aromatic heterocycles. The summed E-state index contributed by atoms with van der Waals surface area (Å²) in [6.45, 7) is 6.07. The number of rotatable bonds is 5. The van der Waals surface area contributed by atoms with E-state index in [1.807, 2.05) is 44.2 Å². The molecule has 0 bridgehead atoms. The molecule has 29 heavy (non-hydrogen) atoms. The molecule has 0 fully saturated rings. The van der Waals surface area contributed by atoms with Gasteiger partial charge in [-0.05, 0) is 44.5 Å². The third kappa shape index (κ3) is 3.40. The number of fused-ring (bicyclic) bond motifs is 1. The second-order valence-electron chi connectivity index (χ2n) is 7.36. The van der Waals surface area contributed by atoms with E-state index in [-0.39, 0.29) is 23.9 Å². The lowest BCUT2D eigenvalue weighted by Crippen LogP contribution is -2.25. The Labute approximate surface area is 169 Å². The summed E-state index contributed by atoms with van der Waals surface area (Å²) in [5, 5.41) is 0.519. The van der Waals surface area contributed by atoms with E-state index in [1.54, 1.807) is 18.2 Å². The first-order valence-electron chi connectivity index (χ1n) is 9.68. The normalized spacial score (nSPS) is 12.2. The third-order valence-electron chi connectivity index (χ3n) is 5.50. The Morgan fingerprint density at radius 3 is 2.48 bits per heavy atom. The first-order chi connectivity index (χ1) is 14.0. The fraction of sp³-hybridized carbons (Fsp3) is 0.208. The topological polar surface area (TPSA) is 56.9 Å². The van der Waals surface area contributed by atoms with Crippen LogP contribution in [0.4, 0.5) is 0 Å². The van der Waals surface area contributed by atoms with Crippen LogP contribution in [-0.2, 0) is 6.54 Å². The van der Waals surface area contributed by atoms with Crippen molar-refractivity contribution in [3.63, 3.8) is 0 Å². The van der Waals surface area contributed by atoms with Crippen LogP contribution in [0.5, 0.6) is 0 Å². The van der Waals surface area contributed by atoms with E-state index >= 15 is 0 Å². The molecule has 0 N–H and O–H groups in total. The van der Waals surface area contributed by atoms with E-state index in [0.717, 1.165) is 11.4 Å². The van der Waals surface area contributed by atoms with Gasteiger partial charge in [-0.2, -0.15) is 0 Å². The van der Waals surface area contributed by atoms with Gasteiger partial charge < -0.3 is 4.57 Å². The van der Waals surface area contributed by atoms with Gasteiger partial charge in [0, 0.05) is 17.0 Å². The SMILES string of the molecule is Cc1cc(C(=O)Cn2cnc3ccccc3c2=O)c(C)n1[C@H](C)c1ccccc1. The van der Waals surface area contributed by atoms with E-state index < -0.39 is 0 Å². The number of ketones is 1. The van der Waals surface area contributed by atoms with Crippen molar-refractivity contribution in [1.29, 1.82) is 0 Å². The first kappa shape index (κ1) is 18.9. The number of aryl methyl sites for hydroxylation is 1. The molecule has 0 unspecified atom stereocenters. The number of benzene rings is 2. The molecule has 4 rings (SSSR count). The highest BCUT2D eigenvalue weighted by atomic mass is 16.1. The van der Waals surface area contributed by atoms with Crippen molar-refractivity contribution >= 4 is 16.7 Å². The van der Waals surface area contributed by atoms with Gasteiger partial charge in [-0.3, -0.25) is 14.2 Å². The number of aromatic nitrogens is 3. The Balaban J connectivity index is 1.67. The zero-order valence-corrected chi connectivity index (χ0v) is 16.8. The predicted octanol–water partition coefficient (Wildman–Crippen LogP) is 4.31. The summed E-state index contributed by atoms with van der Waals surface area (Å²) < 4.78 is 3.56. The predicted molar refractivity (Wildman–Crippen MR) is 114 cm³/mol. The number of carbonyl (C=O) groups is 1. The van der Waals surface area contributed by atoms with E-state index in [1.165, 1.54) is 16.5 Å². The summed E-state index contributed by atoms with van der Waals surface area (Å²) in [5.74, 6) is -0.0937. The van der Waals surface area contributed by atoms with Crippen molar-refractivity contribution in [2.24, 2.45) is 0 Å². The van der Waals surface area contributed by atoms with Gasteiger partial charge >= 0.3 is 0 Å². The van der Waals surface area contributed by atoms with Crippen LogP contribution in [0, 0.1) is 13.8 Å². The lowest BCUT2D eigenvalue weighted by atomic mass is 10.1. The first-order valence-corrected chi connectivity index (χ1v) is 9.68. The zero-order chi connectivity index (χ0) is 20.5. The Hall–Kier alpha value is -3.47. The summed E-state index contributed by atoms with van der Waals surface area (Å²) in [7, 11) is 0. The van der Waals surface area contributed by atoms with Gasteiger partial charge in [0.2, 0.25) is 0 Å². The van der Waals surface area contributed by atoms with Crippen LogP contribution in [0.1, 0.15) is 40.3 Å². The highest BCUT2D eigenvalue weighted by molar-refractivity contribution is 5.97. The Morgan fingerprint density at radius 1 is 1.03 bits per heavy atom. The Bertz CT molecular complexity index is 1250. The average Bonchev–Trinajstić information content (AvgIpc) is 3.04. The van der Waals surface area contributed by atoms with Gasteiger partial charge in [-0.15, -0.1) is 0 Å². The number of nitrogens with zero attached hydrogens (tertiary/aromatic N) is 3. The summed E-state index contributed by atoms with van der Waals surface area (Å²) in [4.78, 5) is 30.1. The molecule has 0 saturated carbocycles. The zero-order valence-electron chi connectivity index (χ0n) is 16.8. The van der Waals surface area contributed by atoms with Crippen LogP contribution in [0.2, 0.25) is 0 Å². The molecule has 0 radical (unpaired) electrons. The maximum atomic E-state index is 13.0. The number of hydrogen-bond acceptors (Lipinski definition) is 3. The molecule has 0 spiro atoms. The van der Waals surface area contributed by atoms with Gasteiger partial charge in [0.1, 0.15) is 0 Å². The smallest absolute Gasteiger partial charge is 0.261 e. The lowest BCUT2D eigenvalue weighted by Gasteiger charge is -2.19. The van der Waals surface area contributed by atoms with Gasteiger partial charge in [0.05, 0.1) is 29.8 Å². The highest BCUT2D eigenvalue weighted by Crippen LogP contribution is 2.26. The number of hydrogen-bond donors (Lipinski definition) is 0. The molecule has 2 aromatic carbocycles. The van der Waals surface area contributed by atoms with Crippen LogP contribution in [0.3, 0.4) is 0 Å². The van der Waals surface area contributed by atoms with Gasteiger partial charge in [0.15, 0.2) is 5.78 Å². The molecular formula is C24H23N3O2. The molecule has 0 saturated heterocycles. The Morgan fingerprint density at radius 2 is 1.72 bits per heavy atom. The molecule has 0 aliphatic rings. The Kier molecular flexibility index (Phi) is 4.89. The summed E-state index contributed by atoms with van der Waals surface area (Å²) in [5.41, 5.74) is 4.19. The molecule has 0 aliphatic heterocycles. The molecular weight excluding hydrogens is 362 g/mol. The van der Waals surface area contributed by atoms with Crippen molar-refractivity contribution < 1.29 is 4.79 Å². The minimum Gasteiger partial charge on any atom is -0.341 e. The molecule has 5 nitrogen and oxygen atoms in total. The minimum absolute atomic E-state index is 0.0271. The van der Waals surface area contributed by atoms with Crippen LogP contribution < -0.4 is 5.56 Å². The minimum atomic E-state index is -0.199. The largest absolute Gasteiger partial charge is 0.341 e. The molecule has 4 aromatic rings. The standard InChI is InChI=1S/C24H23N3O2/c1-16-13-21(18(3)27(16)17(2)19-9-5-4-6-10-19)23(28)14-26-15-25-22-12-8-7-11-20(22)24(26)29/h4-13,15,17H,14H2,1-3H3/t17-/m1/s1. The van der Waals surface area contributed by atoms with Crippen molar-refractivity contribution in [2.75, 3.05) is 0 Å². The van der Waals surface area contributed by atoms with Crippen LogP contribution in [-0.4, -0.2) is 19.9 Å². The second-order valence-corrected chi connectivity index (χ2v) is 7.36. The second kappa shape index (κ2) is 7.51. The van der Waals surface area contributed by atoms with E-state index in [4.69, 9.17) is 0 Å². The van der Waals surface area contributed by atoms with E-state index in [2.05, 4.69) is 28.6 Å². The number of carbonyl (C=O) groups excluding carboxylic acids is 1. The number of Topliss-reactive ketones (excluding diaryl/α,β-unsaturated/α-hetero) is 1. The maximum absolute atomic E-state index is 13.0. The number of para-hydroxylation sites is 1. The van der Waals surface area contributed by atoms with E-state index in [9.17, 15) is 9.59 Å². The van der Waals surface area contributed by atoms with Crippen molar-refractivity contribution in [3.05, 3.63) is 99.9 Å². The van der Waals surface area contributed by atoms with Crippen molar-refractivity contribution in [1.82, 2.24) is 14.1 Å². The van der Waals surface area contributed by atoms with Crippen LogP contribution >= 0.6 is 0 Å².